The number of nitrogens with two attached hydrogens (primary N) is 2. The number of nitrogens with one attached hydrogen (secondary N) is 2. The Hall–Kier alpha value is -3.52. The van der Waals surface area contributed by atoms with Gasteiger partial charge in [-0.2, -0.15) is 0 Å². The van der Waals surface area contributed by atoms with E-state index in [4.69, 9.17) is 26.6 Å². The minimum absolute atomic E-state index is 0. The Kier molecular flexibility index (Phi) is 7.82. The van der Waals surface area contributed by atoms with Crippen molar-refractivity contribution >= 4 is 8.09 Å². The molecule has 0 amide bonds. The average molecular weight is 573 g/mol. The average Bonchev–Trinajstić information content (AvgIpc) is 3.52. The summed E-state index contributed by atoms with van der Waals surface area (Å²) in [5.41, 5.74) is 0. The fraction of sp³-hybridized carbons (Fsp3) is 0.357. The summed E-state index contributed by atoms with van der Waals surface area (Å²) in [6, 6.07) is 21.5. The van der Waals surface area contributed by atoms with E-state index in [0.29, 0.717) is 34.5 Å². The van der Waals surface area contributed by atoms with Crippen LogP contribution in [0.2, 0.25) is 0 Å². The summed E-state index contributed by atoms with van der Waals surface area (Å²) in [5.74, 6) is 2.63. The normalized spacial score (nSPS) is 23.1. The van der Waals surface area contributed by atoms with E-state index in [2.05, 4.69) is 21.3 Å². The van der Waals surface area contributed by atoms with Crippen LogP contribution in [0, 0.1) is 0 Å². The molecule has 1 saturated heterocycles. The third-order valence-electron chi connectivity index (χ3n) is 7.03. The zero-order chi connectivity index (χ0) is 26.5. The first-order valence-corrected chi connectivity index (χ1v) is 16.4. The molecule has 0 aliphatic carbocycles. The molecule has 1 fully saturated rings. The summed E-state index contributed by atoms with van der Waals surface area (Å²) in [7, 11) is -5.84. The zero-order valence-corrected chi connectivity index (χ0v) is 23.6. The van der Waals surface area contributed by atoms with Crippen LogP contribution in [0.25, 0.3) is 0 Å². The van der Waals surface area contributed by atoms with Gasteiger partial charge in [0, 0.05) is 39.0 Å². The molecule has 4 heterocycles. The van der Waals surface area contributed by atoms with Gasteiger partial charge >= 0.3 is 142 Å². The van der Waals surface area contributed by atoms with E-state index in [1.54, 1.807) is 36.4 Å². The molecule has 11 nitrogen and oxygen atoms in total. The number of fused-ring (bicyclic) bond motifs is 3. The van der Waals surface area contributed by atoms with Crippen molar-refractivity contribution in [1.82, 2.24) is 10.6 Å². The summed E-state index contributed by atoms with van der Waals surface area (Å²) in [5, 5.41) is 11.8. The van der Waals surface area contributed by atoms with Gasteiger partial charge in [-0.15, -0.1) is 0 Å². The maximum absolute atomic E-state index is 6.20. The van der Waals surface area contributed by atoms with Gasteiger partial charge < -0.3 is 26.7 Å². The Bertz CT molecular complexity index is 1040. The van der Waals surface area contributed by atoms with Crippen LogP contribution in [0.1, 0.15) is 12.8 Å². The van der Waals surface area contributed by atoms with Crippen LogP contribution in [-0.2, 0) is 0 Å². The van der Waals surface area contributed by atoms with Crippen LogP contribution in [0.15, 0.2) is 72.8 Å². The van der Waals surface area contributed by atoms with E-state index in [9.17, 15) is 0 Å². The molecule has 3 aromatic rings. The van der Waals surface area contributed by atoms with Crippen LogP contribution in [0.5, 0.6) is 34.5 Å². The van der Waals surface area contributed by atoms with Gasteiger partial charge in [-0.3, -0.25) is 0 Å². The van der Waals surface area contributed by atoms with Crippen LogP contribution >= 0.6 is 0 Å². The Morgan fingerprint density at radius 3 is 1.05 bits per heavy atom. The summed E-state index contributed by atoms with van der Waals surface area (Å²) in [6.45, 7) is 9.65. The Balaban J connectivity index is 0.000000186. The minimum atomic E-state index is -5.84. The number of rotatable bonds is 0. The first-order valence-electron chi connectivity index (χ1n) is 14.0. The predicted molar refractivity (Wildman–Crippen MR) is 151 cm³/mol. The molecule has 1 spiro atoms. The topological polar surface area (TPSA) is 144 Å². The monoisotopic (exact) mass is 572 g/mol. The van der Waals surface area contributed by atoms with Crippen LogP contribution < -0.4 is 47.8 Å². The molecule has 0 saturated carbocycles. The van der Waals surface area contributed by atoms with Gasteiger partial charge in [0.05, 0.1) is 26.2 Å². The van der Waals surface area contributed by atoms with E-state index in [1.807, 2.05) is 36.4 Å². The van der Waals surface area contributed by atoms with E-state index in [-0.39, 0.29) is 5.48 Å². The van der Waals surface area contributed by atoms with Gasteiger partial charge in [-0.25, -0.2) is 0 Å². The van der Waals surface area contributed by atoms with Crippen LogP contribution in [0.3, 0.4) is 0 Å². The van der Waals surface area contributed by atoms with Crippen molar-refractivity contribution in [2.24, 2.45) is 0 Å². The summed E-state index contributed by atoms with van der Waals surface area (Å²) < 4.78 is 37.2. The summed E-state index contributed by atoms with van der Waals surface area (Å²) >= 11 is 0. The zero-order valence-electron chi connectivity index (χ0n) is 22.6. The molecule has 0 bridgehead atoms. The van der Waals surface area contributed by atoms with Crippen molar-refractivity contribution in [3.8, 4) is 34.5 Å². The van der Waals surface area contributed by atoms with Crippen molar-refractivity contribution < 1.29 is 42.7 Å². The molecule has 4 aliphatic rings. The van der Waals surface area contributed by atoms with Crippen molar-refractivity contribution in [3.63, 3.8) is 0 Å². The SMILES string of the molecule is C1CNCC[NH2+]CCCNCC[NH2+]C1.O.c1ccc2c(c1)O[Si-2]13(O2)(Oc2ccccc2O1)Oc1ccccc1O3. The molecule has 40 heavy (non-hydrogen) atoms. The van der Waals surface area contributed by atoms with Gasteiger partial charge in [0.2, 0.25) is 0 Å². The summed E-state index contributed by atoms with van der Waals surface area (Å²) in [6.07, 6.45) is 2.58. The van der Waals surface area contributed by atoms with E-state index >= 15 is 0 Å². The second-order valence-corrected chi connectivity index (χ2v) is 13.9. The van der Waals surface area contributed by atoms with Gasteiger partial charge in [0.15, 0.2) is 0 Å². The first-order chi connectivity index (χ1) is 19.1. The molecule has 8 N–H and O–H groups in total. The van der Waals surface area contributed by atoms with Crippen molar-refractivity contribution in [3.05, 3.63) is 72.8 Å². The Labute approximate surface area is 233 Å². The Morgan fingerprint density at radius 2 is 0.750 bits per heavy atom. The third-order valence-corrected chi connectivity index (χ3v) is 10.9. The third kappa shape index (κ3) is 5.29. The molecule has 0 unspecified atom stereocenters. The quantitative estimate of drug-likeness (QED) is 0.276. The molecule has 3 aromatic carbocycles. The van der Waals surface area contributed by atoms with Gasteiger partial charge in [-0.05, 0) is 0 Å². The Morgan fingerprint density at radius 1 is 0.450 bits per heavy atom. The number of para-hydroxylation sites is 6. The second kappa shape index (κ2) is 11.2. The predicted octanol–water partition coefficient (Wildman–Crippen LogP) is -0.000900. The van der Waals surface area contributed by atoms with E-state index in [1.165, 1.54) is 52.1 Å². The second-order valence-electron chi connectivity index (χ2n) is 10.1. The standard InChI is InChI=1S/C18H12O6Si.C10H24N4.H2O/c1-2-8-14-13(7-1)19-25(20-14,21-15-9-3-4-10-16(15)22-25)23-17-11-5-6-12-18(17)24-25;1-3-11-7-9-13-5-2-6-14-10-8-12-4-1;/h1-12H;11-14H,1-10H2;1H2/q-2;;/p+2. The van der Waals surface area contributed by atoms with Crippen LogP contribution in [0.4, 0.5) is 0 Å². The molecule has 4 aliphatic heterocycles. The van der Waals surface area contributed by atoms with Crippen molar-refractivity contribution in [2.45, 2.75) is 12.8 Å². The van der Waals surface area contributed by atoms with Crippen molar-refractivity contribution in [1.29, 1.82) is 0 Å². The molecule has 12 heteroatoms. The number of hydrogen-bond acceptors (Lipinski definition) is 8. The van der Waals surface area contributed by atoms with Gasteiger partial charge in [0.1, 0.15) is 0 Å². The molecule has 0 atom stereocenters. The molecule has 0 radical (unpaired) electrons. The van der Waals surface area contributed by atoms with Crippen LogP contribution in [-0.4, -0.2) is 65.9 Å². The fourth-order valence-electron chi connectivity index (χ4n) is 5.21. The van der Waals surface area contributed by atoms with Crippen molar-refractivity contribution in [2.75, 3.05) is 52.4 Å². The number of quaternary nitrogens is 2. The molecular weight excluding hydrogens is 532 g/mol. The molecule has 218 valence electrons. The first kappa shape index (κ1) is 28.0. The van der Waals surface area contributed by atoms with Gasteiger partial charge in [0.25, 0.3) is 0 Å². The molecular formula is C28H40N4O7Si. The fourth-order valence-corrected chi connectivity index (χ4v) is 9.54. The number of hydrogen-bond donors (Lipinski definition) is 4. The summed E-state index contributed by atoms with van der Waals surface area (Å²) in [4.78, 5) is 0. The molecule has 7 rings (SSSR count). The van der Waals surface area contributed by atoms with Gasteiger partial charge in [-0.1, -0.05) is 0 Å². The van der Waals surface area contributed by atoms with E-state index < -0.39 is 8.09 Å². The maximum atomic E-state index is 6.20. The van der Waals surface area contributed by atoms with E-state index in [0.717, 1.165) is 13.1 Å². The number of benzene rings is 3. The molecule has 0 aromatic heterocycles.